The van der Waals surface area contributed by atoms with Gasteiger partial charge in [-0.1, -0.05) is 31.5 Å². The topological polar surface area (TPSA) is 99.5 Å². The number of nitrogens with one attached hydrogen (secondary N) is 1. The quantitative estimate of drug-likeness (QED) is 0.527. The van der Waals surface area contributed by atoms with Crippen LogP contribution < -0.4 is 10.9 Å². The minimum absolute atomic E-state index is 0.0258. The summed E-state index contributed by atoms with van der Waals surface area (Å²) in [6.45, 7) is 4.58. The van der Waals surface area contributed by atoms with Gasteiger partial charge < -0.3 is 14.8 Å². The van der Waals surface area contributed by atoms with Crippen molar-refractivity contribution >= 4 is 22.6 Å². The number of amides is 1. The van der Waals surface area contributed by atoms with E-state index in [0.717, 1.165) is 12.8 Å². The number of methoxy groups -OCH3 is 1. The number of hydrogen-bond acceptors (Lipinski definition) is 6. The van der Waals surface area contributed by atoms with Gasteiger partial charge in [0, 0.05) is 25.6 Å². The van der Waals surface area contributed by atoms with Gasteiger partial charge in [-0.05, 0) is 19.4 Å². The van der Waals surface area contributed by atoms with Gasteiger partial charge in [-0.25, -0.2) is 9.48 Å². The van der Waals surface area contributed by atoms with Crippen molar-refractivity contribution in [2.45, 2.75) is 39.3 Å². The predicted molar refractivity (Wildman–Crippen MR) is 101 cm³/mol. The number of nitrogens with zero attached hydrogens (tertiary/aromatic N) is 2. The molecule has 0 saturated carbocycles. The second-order valence-electron chi connectivity index (χ2n) is 6.11. The van der Waals surface area contributed by atoms with E-state index in [0.29, 0.717) is 30.5 Å². The van der Waals surface area contributed by atoms with Crippen molar-refractivity contribution < 1.29 is 19.1 Å². The lowest BCUT2D eigenvalue weighted by Gasteiger charge is -2.15. The number of aromatic nitrogens is 2. The molecule has 1 N–H and O–H groups in total. The molecule has 1 heterocycles. The summed E-state index contributed by atoms with van der Waals surface area (Å²) in [5.74, 6) is -1.17. The molecule has 0 radical (unpaired) electrons. The van der Waals surface area contributed by atoms with E-state index >= 15 is 0 Å². The van der Waals surface area contributed by atoms with E-state index in [-0.39, 0.29) is 11.3 Å². The van der Waals surface area contributed by atoms with Crippen LogP contribution in [0, 0.1) is 0 Å². The summed E-state index contributed by atoms with van der Waals surface area (Å²) in [6.07, 6.45) is 0.656. The summed E-state index contributed by atoms with van der Waals surface area (Å²) in [6, 6.07) is 6.75. The highest BCUT2D eigenvalue weighted by atomic mass is 16.5. The van der Waals surface area contributed by atoms with E-state index in [1.807, 2.05) is 6.92 Å². The Morgan fingerprint density at radius 1 is 1.26 bits per heavy atom. The van der Waals surface area contributed by atoms with Gasteiger partial charge in [0.2, 0.25) is 0 Å². The molecule has 0 spiro atoms. The highest BCUT2D eigenvalue weighted by Crippen LogP contribution is 2.15. The molecule has 1 atom stereocenters. The Morgan fingerprint density at radius 3 is 2.63 bits per heavy atom. The molecule has 0 bridgehead atoms. The number of fused-ring (bicyclic) bond motifs is 1. The van der Waals surface area contributed by atoms with Gasteiger partial charge >= 0.3 is 5.97 Å². The van der Waals surface area contributed by atoms with Crippen LogP contribution in [0.15, 0.2) is 29.1 Å². The van der Waals surface area contributed by atoms with Crippen LogP contribution >= 0.6 is 0 Å². The van der Waals surface area contributed by atoms with Crippen LogP contribution in [0.25, 0.3) is 10.8 Å². The van der Waals surface area contributed by atoms with Crippen molar-refractivity contribution in [2.75, 3.05) is 20.3 Å². The number of hydrogen-bond donors (Lipinski definition) is 1. The lowest BCUT2D eigenvalue weighted by molar-refractivity contribution is -0.129. The largest absolute Gasteiger partial charge is 0.448 e. The van der Waals surface area contributed by atoms with Crippen molar-refractivity contribution in [2.24, 2.45) is 0 Å². The second kappa shape index (κ2) is 9.82. The standard InChI is InChI=1S/C19H25N3O5/c1-4-5-11-22-18(24)15-9-7-6-8-14(15)16(21-22)19(25)27-13(2)17(23)20-10-12-26-3/h6-9,13H,4-5,10-12H2,1-3H3,(H,20,23)/t13-/m1/s1. The maximum atomic E-state index is 12.6. The van der Waals surface area contributed by atoms with E-state index in [2.05, 4.69) is 10.4 Å². The molecule has 0 saturated heterocycles. The molecular weight excluding hydrogens is 350 g/mol. The van der Waals surface area contributed by atoms with Gasteiger partial charge in [-0.3, -0.25) is 9.59 Å². The molecule has 8 heteroatoms. The van der Waals surface area contributed by atoms with Crippen molar-refractivity contribution in [3.63, 3.8) is 0 Å². The summed E-state index contributed by atoms with van der Waals surface area (Å²) in [4.78, 5) is 37.2. The van der Waals surface area contributed by atoms with Crippen LogP contribution in [0.2, 0.25) is 0 Å². The number of ether oxygens (including phenoxy) is 2. The van der Waals surface area contributed by atoms with Gasteiger partial charge in [0.1, 0.15) is 0 Å². The molecule has 27 heavy (non-hydrogen) atoms. The maximum absolute atomic E-state index is 12.6. The molecule has 0 unspecified atom stereocenters. The zero-order valence-corrected chi connectivity index (χ0v) is 15.9. The van der Waals surface area contributed by atoms with E-state index < -0.39 is 18.0 Å². The third-order valence-corrected chi connectivity index (χ3v) is 4.04. The van der Waals surface area contributed by atoms with Gasteiger partial charge in [0.05, 0.1) is 12.0 Å². The Kier molecular flexibility index (Phi) is 7.48. The first-order chi connectivity index (χ1) is 13.0. The van der Waals surface area contributed by atoms with Crippen molar-refractivity contribution in [3.05, 3.63) is 40.3 Å². The Balaban J connectivity index is 2.28. The molecule has 1 aromatic carbocycles. The second-order valence-corrected chi connectivity index (χ2v) is 6.11. The first kappa shape index (κ1) is 20.6. The van der Waals surface area contributed by atoms with Crippen LogP contribution in [-0.4, -0.2) is 48.0 Å². The van der Waals surface area contributed by atoms with Crippen molar-refractivity contribution in [3.8, 4) is 0 Å². The summed E-state index contributed by atoms with van der Waals surface area (Å²) < 4.78 is 11.4. The molecule has 0 aliphatic rings. The molecule has 146 valence electrons. The number of aryl methyl sites for hydroxylation is 1. The minimum atomic E-state index is -0.995. The zero-order valence-electron chi connectivity index (χ0n) is 15.9. The number of carbonyl (C=O) groups is 2. The first-order valence-electron chi connectivity index (χ1n) is 8.97. The highest BCUT2D eigenvalue weighted by molar-refractivity contribution is 6.02. The number of unbranched alkanes of at least 4 members (excludes halogenated alkanes) is 1. The van der Waals surface area contributed by atoms with E-state index in [1.165, 1.54) is 18.7 Å². The molecular formula is C19H25N3O5. The Hall–Kier alpha value is -2.74. The fourth-order valence-electron chi connectivity index (χ4n) is 2.54. The predicted octanol–water partition coefficient (Wildman–Crippen LogP) is 1.50. The molecule has 0 fully saturated rings. The SMILES string of the molecule is CCCCn1nc(C(=O)O[C@H](C)C(=O)NCCOC)c2ccccc2c1=O. The van der Waals surface area contributed by atoms with Crippen LogP contribution in [-0.2, 0) is 20.8 Å². The molecule has 1 amide bonds. The summed E-state index contributed by atoms with van der Waals surface area (Å²) in [5.41, 5.74) is -0.223. The van der Waals surface area contributed by atoms with E-state index in [1.54, 1.807) is 24.3 Å². The van der Waals surface area contributed by atoms with Gasteiger partial charge in [-0.2, -0.15) is 5.10 Å². The summed E-state index contributed by atoms with van der Waals surface area (Å²) in [7, 11) is 1.53. The molecule has 8 nitrogen and oxygen atoms in total. The zero-order chi connectivity index (χ0) is 19.8. The van der Waals surface area contributed by atoms with Crippen LogP contribution in [0.4, 0.5) is 0 Å². The van der Waals surface area contributed by atoms with Crippen LogP contribution in [0.5, 0.6) is 0 Å². The maximum Gasteiger partial charge on any atom is 0.360 e. The molecule has 0 aliphatic heterocycles. The fraction of sp³-hybridized carbons (Fsp3) is 0.474. The summed E-state index contributed by atoms with van der Waals surface area (Å²) >= 11 is 0. The molecule has 0 aliphatic carbocycles. The number of rotatable bonds is 9. The monoisotopic (exact) mass is 375 g/mol. The third-order valence-electron chi connectivity index (χ3n) is 4.04. The highest BCUT2D eigenvalue weighted by Gasteiger charge is 2.23. The Bertz CT molecular complexity index is 862. The fourth-order valence-corrected chi connectivity index (χ4v) is 2.54. The smallest absolute Gasteiger partial charge is 0.360 e. The number of esters is 1. The van der Waals surface area contributed by atoms with Crippen molar-refractivity contribution in [1.82, 2.24) is 15.1 Å². The van der Waals surface area contributed by atoms with Gasteiger partial charge in [0.15, 0.2) is 11.8 Å². The Labute approximate surface area is 157 Å². The Morgan fingerprint density at radius 2 is 1.96 bits per heavy atom. The van der Waals surface area contributed by atoms with Gasteiger partial charge in [0.25, 0.3) is 11.5 Å². The first-order valence-corrected chi connectivity index (χ1v) is 8.97. The van der Waals surface area contributed by atoms with E-state index in [4.69, 9.17) is 9.47 Å². The number of carbonyl (C=O) groups excluding carboxylic acids is 2. The normalized spacial score (nSPS) is 12.0. The molecule has 2 rings (SSSR count). The van der Waals surface area contributed by atoms with E-state index in [9.17, 15) is 14.4 Å². The van der Waals surface area contributed by atoms with Crippen molar-refractivity contribution in [1.29, 1.82) is 0 Å². The van der Waals surface area contributed by atoms with Crippen LogP contribution in [0.1, 0.15) is 37.2 Å². The number of benzene rings is 1. The minimum Gasteiger partial charge on any atom is -0.448 e. The molecule has 2 aromatic rings. The van der Waals surface area contributed by atoms with Gasteiger partial charge in [-0.15, -0.1) is 0 Å². The lowest BCUT2D eigenvalue weighted by atomic mass is 10.1. The molecule has 1 aromatic heterocycles. The summed E-state index contributed by atoms with van der Waals surface area (Å²) in [5, 5.41) is 7.62. The third kappa shape index (κ3) is 5.13. The average Bonchev–Trinajstić information content (AvgIpc) is 2.67. The average molecular weight is 375 g/mol. The lowest BCUT2D eigenvalue weighted by Crippen LogP contribution is -2.38. The van der Waals surface area contributed by atoms with Crippen LogP contribution in [0.3, 0.4) is 0 Å².